The van der Waals surface area contributed by atoms with E-state index < -0.39 is 0 Å². The van der Waals surface area contributed by atoms with E-state index in [9.17, 15) is 9.59 Å². The highest BCUT2D eigenvalue weighted by atomic mass is 32.1. The van der Waals surface area contributed by atoms with E-state index in [4.69, 9.17) is 4.74 Å². The van der Waals surface area contributed by atoms with Gasteiger partial charge in [0, 0.05) is 16.8 Å². The first-order valence-electron chi connectivity index (χ1n) is 8.80. The molecule has 3 heterocycles. The summed E-state index contributed by atoms with van der Waals surface area (Å²) in [7, 11) is 0. The first-order chi connectivity index (χ1) is 12.7. The van der Waals surface area contributed by atoms with Gasteiger partial charge in [0.05, 0.1) is 12.2 Å². The number of carbonyl (C=O) groups excluding carboxylic acids is 1. The van der Waals surface area contributed by atoms with Gasteiger partial charge in [-0.05, 0) is 37.8 Å². The van der Waals surface area contributed by atoms with Crippen molar-refractivity contribution in [3.8, 4) is 5.75 Å². The fourth-order valence-electron chi connectivity index (χ4n) is 3.74. The summed E-state index contributed by atoms with van der Waals surface area (Å²) in [6, 6.07) is 7.39. The van der Waals surface area contributed by atoms with Gasteiger partial charge >= 0.3 is 0 Å². The van der Waals surface area contributed by atoms with Crippen molar-refractivity contribution in [3.63, 3.8) is 0 Å². The van der Waals surface area contributed by atoms with Crippen LogP contribution >= 0.6 is 11.3 Å². The van der Waals surface area contributed by atoms with Gasteiger partial charge in [-0.25, -0.2) is 4.98 Å². The molecule has 0 unspecified atom stereocenters. The third-order valence-electron chi connectivity index (χ3n) is 5.01. The molecule has 2 aliphatic rings. The predicted molar refractivity (Wildman–Crippen MR) is 99.6 cm³/mol. The van der Waals surface area contributed by atoms with Crippen molar-refractivity contribution in [1.82, 2.24) is 9.38 Å². The summed E-state index contributed by atoms with van der Waals surface area (Å²) in [5.41, 5.74) is 1.58. The van der Waals surface area contributed by atoms with Gasteiger partial charge in [0.15, 0.2) is 4.96 Å². The van der Waals surface area contributed by atoms with Crippen LogP contribution in [0, 0.1) is 0 Å². The Hall–Kier alpha value is -2.67. The molecule has 5 rings (SSSR count). The van der Waals surface area contributed by atoms with Gasteiger partial charge in [-0.3, -0.25) is 14.0 Å². The molecule has 0 spiro atoms. The normalized spacial score (nSPS) is 16.1. The number of hydrogen-bond donors (Lipinski definition) is 0. The molecule has 0 atom stereocenters. The van der Waals surface area contributed by atoms with Gasteiger partial charge < -0.3 is 9.64 Å². The zero-order chi connectivity index (χ0) is 17.7. The van der Waals surface area contributed by atoms with Gasteiger partial charge in [0.2, 0.25) is 0 Å². The van der Waals surface area contributed by atoms with Crippen molar-refractivity contribution in [3.05, 3.63) is 57.0 Å². The number of aryl methyl sites for hydroxylation is 2. The highest BCUT2D eigenvalue weighted by Crippen LogP contribution is 2.32. The molecular weight excluding hydrogens is 350 g/mol. The molecule has 3 aromatic rings. The molecule has 132 valence electrons. The van der Waals surface area contributed by atoms with Crippen LogP contribution in [0.15, 0.2) is 35.3 Å². The predicted octanol–water partition coefficient (Wildman–Crippen LogP) is 2.67. The number of aromatic nitrogens is 2. The van der Waals surface area contributed by atoms with E-state index in [-0.39, 0.29) is 17.0 Å². The van der Waals surface area contributed by atoms with Gasteiger partial charge in [0.25, 0.3) is 11.5 Å². The topological polar surface area (TPSA) is 63.9 Å². The highest BCUT2D eigenvalue weighted by molar-refractivity contribution is 7.17. The number of benzene rings is 1. The third kappa shape index (κ3) is 2.27. The van der Waals surface area contributed by atoms with Gasteiger partial charge in [0.1, 0.15) is 17.9 Å². The Morgan fingerprint density at radius 3 is 2.96 bits per heavy atom. The van der Waals surface area contributed by atoms with Gasteiger partial charge in [-0.15, -0.1) is 11.3 Å². The molecule has 26 heavy (non-hydrogen) atoms. The molecule has 1 aromatic carbocycles. The average Bonchev–Trinajstić information content (AvgIpc) is 3.07. The summed E-state index contributed by atoms with van der Waals surface area (Å²) in [5.74, 6) is 0.345. The maximum Gasteiger partial charge on any atom is 0.271 e. The maximum atomic E-state index is 13.1. The fraction of sp³-hybridized carbons (Fsp3) is 0.316. The van der Waals surface area contributed by atoms with Crippen molar-refractivity contribution >= 4 is 27.9 Å². The van der Waals surface area contributed by atoms with Crippen molar-refractivity contribution in [2.75, 3.05) is 18.1 Å². The molecule has 2 aromatic heterocycles. The lowest BCUT2D eigenvalue weighted by Crippen LogP contribution is -2.41. The Balaban J connectivity index is 1.63. The lowest BCUT2D eigenvalue weighted by Gasteiger charge is -2.29. The zero-order valence-corrected chi connectivity index (χ0v) is 14.9. The molecule has 0 saturated carbocycles. The summed E-state index contributed by atoms with van der Waals surface area (Å²) < 4.78 is 7.26. The minimum atomic E-state index is -0.316. The fourth-order valence-corrected chi connectivity index (χ4v) is 4.91. The highest BCUT2D eigenvalue weighted by Gasteiger charge is 2.28. The molecule has 1 aliphatic carbocycles. The van der Waals surface area contributed by atoms with Gasteiger partial charge in [-0.2, -0.15) is 0 Å². The van der Waals surface area contributed by atoms with Gasteiger partial charge in [-0.1, -0.05) is 12.1 Å². The molecule has 0 N–H and O–H groups in total. The first-order valence-corrected chi connectivity index (χ1v) is 9.61. The maximum absolute atomic E-state index is 13.1. The summed E-state index contributed by atoms with van der Waals surface area (Å²) >= 11 is 1.57. The van der Waals surface area contributed by atoms with Crippen LogP contribution in [-0.4, -0.2) is 28.4 Å². The van der Waals surface area contributed by atoms with Crippen molar-refractivity contribution in [1.29, 1.82) is 0 Å². The first kappa shape index (κ1) is 15.6. The second-order valence-corrected chi connectivity index (χ2v) is 7.61. The minimum absolute atomic E-state index is 0.116. The molecule has 0 saturated heterocycles. The van der Waals surface area contributed by atoms with E-state index in [0.717, 1.165) is 31.4 Å². The number of rotatable bonds is 1. The third-order valence-corrected chi connectivity index (χ3v) is 6.16. The number of nitrogens with zero attached hydrogens (tertiary/aromatic N) is 3. The SMILES string of the molecule is O=C(c1cnc2sc3c(n2c1=O)CCCC3)N1CCOc2ccccc21. The van der Waals surface area contributed by atoms with E-state index in [2.05, 4.69) is 4.98 Å². The molecule has 0 fully saturated rings. The number of para-hydroxylation sites is 2. The van der Waals surface area contributed by atoms with Crippen LogP contribution in [0.25, 0.3) is 4.96 Å². The Morgan fingerprint density at radius 2 is 2.04 bits per heavy atom. The molecule has 1 aliphatic heterocycles. The van der Waals surface area contributed by atoms with Crippen LogP contribution < -0.4 is 15.2 Å². The summed E-state index contributed by atoms with van der Waals surface area (Å²) in [4.78, 5) is 34.2. The monoisotopic (exact) mass is 367 g/mol. The van der Waals surface area contributed by atoms with Crippen LogP contribution in [0.3, 0.4) is 0 Å². The zero-order valence-electron chi connectivity index (χ0n) is 14.1. The van der Waals surface area contributed by atoms with Crippen LogP contribution in [0.4, 0.5) is 5.69 Å². The molecule has 1 amide bonds. The van der Waals surface area contributed by atoms with Crippen LogP contribution in [-0.2, 0) is 12.8 Å². The largest absolute Gasteiger partial charge is 0.490 e. The van der Waals surface area contributed by atoms with Crippen LogP contribution in [0.2, 0.25) is 0 Å². The summed E-state index contributed by atoms with van der Waals surface area (Å²) in [6.07, 6.45) is 5.50. The van der Waals surface area contributed by atoms with E-state index in [1.165, 1.54) is 11.1 Å². The van der Waals surface area contributed by atoms with Crippen molar-refractivity contribution in [2.45, 2.75) is 25.7 Å². The smallest absolute Gasteiger partial charge is 0.271 e. The number of hydrogen-bond acceptors (Lipinski definition) is 5. The second-order valence-electron chi connectivity index (χ2n) is 6.55. The number of thiazole rings is 1. The Bertz CT molecular complexity index is 1090. The number of carbonyl (C=O) groups is 1. The molecular formula is C19H17N3O3S. The Morgan fingerprint density at radius 1 is 1.19 bits per heavy atom. The second kappa shape index (κ2) is 5.95. The lowest BCUT2D eigenvalue weighted by molar-refractivity contribution is 0.0974. The minimum Gasteiger partial charge on any atom is -0.490 e. The molecule has 0 bridgehead atoms. The van der Waals surface area contributed by atoms with Crippen LogP contribution in [0.5, 0.6) is 5.75 Å². The van der Waals surface area contributed by atoms with Crippen molar-refractivity contribution in [2.24, 2.45) is 0 Å². The summed E-state index contributed by atoms with van der Waals surface area (Å²) in [5, 5.41) is 0. The van der Waals surface area contributed by atoms with Crippen molar-refractivity contribution < 1.29 is 9.53 Å². The quantitative estimate of drug-likeness (QED) is 0.663. The van der Waals surface area contributed by atoms with E-state index in [0.29, 0.717) is 29.5 Å². The Kier molecular flexibility index (Phi) is 3.56. The lowest BCUT2D eigenvalue weighted by atomic mass is 10.0. The number of ether oxygens (including phenoxy) is 1. The number of amides is 1. The molecule has 6 nitrogen and oxygen atoms in total. The van der Waals surface area contributed by atoms with E-state index in [1.807, 2.05) is 24.3 Å². The average molecular weight is 367 g/mol. The Labute approximate surface area is 153 Å². The van der Waals surface area contributed by atoms with E-state index in [1.54, 1.807) is 20.6 Å². The standard InChI is InChI=1S/C19H17N3O3S/c23-17(21-9-10-25-15-7-3-1-5-13(15)21)12-11-20-19-22(18(12)24)14-6-2-4-8-16(14)26-19/h1,3,5,7,11H,2,4,6,8-10H2. The van der Waals surface area contributed by atoms with Crippen LogP contribution in [0.1, 0.15) is 33.8 Å². The number of anilines is 1. The molecule has 0 radical (unpaired) electrons. The van der Waals surface area contributed by atoms with E-state index >= 15 is 0 Å². The molecule has 7 heteroatoms. The summed E-state index contributed by atoms with van der Waals surface area (Å²) in [6.45, 7) is 0.827. The number of fused-ring (bicyclic) bond motifs is 4.